The highest BCUT2D eigenvalue weighted by molar-refractivity contribution is 8.00. The number of rotatable bonds is 8. The van der Waals surface area contributed by atoms with Gasteiger partial charge in [-0.15, -0.1) is 11.8 Å². The number of nitrogens with one attached hydrogen (secondary N) is 2. The van der Waals surface area contributed by atoms with E-state index in [0.717, 1.165) is 10.9 Å². The van der Waals surface area contributed by atoms with Crippen LogP contribution in [-0.4, -0.2) is 35.0 Å². The number of H-pyrrole nitrogens is 1. The fourth-order valence-corrected chi connectivity index (χ4v) is 4.20. The second kappa shape index (κ2) is 10.5. The molecule has 0 radical (unpaired) electrons. The van der Waals surface area contributed by atoms with E-state index in [0.29, 0.717) is 21.7 Å². The zero-order valence-electron chi connectivity index (χ0n) is 17.9. The van der Waals surface area contributed by atoms with Gasteiger partial charge >= 0.3 is 5.97 Å². The number of carbonyl (C=O) groups excluding carboxylic acids is 3. The Kier molecular flexibility index (Phi) is 7.06. The number of benzene rings is 3. The van der Waals surface area contributed by atoms with Crippen LogP contribution in [0.25, 0.3) is 10.9 Å². The monoisotopic (exact) mass is 469 g/mol. The normalized spacial score (nSPS) is 10.4. The number of carbonyl (C=O) groups is 3. The Morgan fingerprint density at radius 2 is 1.76 bits per heavy atom. The number of aromatic amines is 1. The maximum atomic E-state index is 12.7. The predicted molar refractivity (Wildman–Crippen MR) is 130 cm³/mol. The molecule has 0 aliphatic carbocycles. The van der Waals surface area contributed by atoms with E-state index >= 15 is 0 Å². The number of Topliss-reactive ketones (excluding diaryl/α,β-unsaturated/α-hetero) is 1. The summed E-state index contributed by atoms with van der Waals surface area (Å²) < 4.78 is 5.28. The topological polar surface area (TPSA) is 112 Å². The van der Waals surface area contributed by atoms with Gasteiger partial charge in [-0.25, -0.2) is 4.79 Å². The van der Waals surface area contributed by atoms with E-state index in [1.807, 2.05) is 30.3 Å². The zero-order chi connectivity index (χ0) is 23.9. The quantitative estimate of drug-likeness (QED) is 0.218. The number of anilines is 1. The number of ether oxygens (including phenoxy) is 1. The minimum atomic E-state index is -0.640. The Bertz CT molecular complexity index is 1420. The van der Waals surface area contributed by atoms with Gasteiger partial charge in [-0.05, 0) is 36.4 Å². The number of esters is 1. The van der Waals surface area contributed by atoms with Crippen molar-refractivity contribution in [2.45, 2.75) is 4.90 Å². The van der Waals surface area contributed by atoms with Crippen LogP contribution >= 0.6 is 11.8 Å². The lowest BCUT2D eigenvalue weighted by atomic mass is 10.1. The summed E-state index contributed by atoms with van der Waals surface area (Å²) in [5.41, 5.74) is 2.53. The lowest BCUT2D eigenvalue weighted by Gasteiger charge is -2.09. The first-order chi connectivity index (χ1) is 16.5. The van der Waals surface area contributed by atoms with Crippen molar-refractivity contribution in [3.8, 4) is 6.07 Å². The number of ketones is 1. The number of hydrogen-bond donors (Lipinski definition) is 2. The minimum absolute atomic E-state index is 0.0509. The molecule has 0 saturated carbocycles. The molecular weight excluding hydrogens is 450 g/mol. The molecule has 0 unspecified atom stereocenters. The second-order valence-electron chi connectivity index (χ2n) is 7.27. The first-order valence-electron chi connectivity index (χ1n) is 10.3. The number of para-hydroxylation sites is 1. The van der Waals surface area contributed by atoms with Gasteiger partial charge in [0.15, 0.2) is 6.61 Å². The van der Waals surface area contributed by atoms with Crippen LogP contribution in [-0.2, 0) is 9.53 Å². The largest absolute Gasteiger partial charge is 0.454 e. The van der Waals surface area contributed by atoms with Crippen LogP contribution in [0.2, 0.25) is 0 Å². The average molecular weight is 470 g/mol. The smallest absolute Gasteiger partial charge is 0.339 e. The van der Waals surface area contributed by atoms with Crippen molar-refractivity contribution in [3.05, 3.63) is 95.7 Å². The van der Waals surface area contributed by atoms with Gasteiger partial charge in [-0.2, -0.15) is 5.26 Å². The SMILES string of the molecule is N#Cc1cccc(NC(=O)CSc2ccccc2C(=O)OCC(=O)c2c[nH]c3ccccc23)c1. The van der Waals surface area contributed by atoms with Crippen LogP contribution in [0.4, 0.5) is 5.69 Å². The Hall–Kier alpha value is -4.35. The summed E-state index contributed by atoms with van der Waals surface area (Å²) >= 11 is 1.18. The van der Waals surface area contributed by atoms with Crippen molar-refractivity contribution in [1.82, 2.24) is 4.98 Å². The summed E-state index contributed by atoms with van der Waals surface area (Å²) in [4.78, 5) is 41.2. The molecule has 1 aromatic heterocycles. The number of nitriles is 1. The molecule has 0 spiro atoms. The summed E-state index contributed by atoms with van der Waals surface area (Å²) in [6, 6.07) is 22.8. The minimum Gasteiger partial charge on any atom is -0.454 e. The molecule has 4 aromatic rings. The standard InChI is InChI=1S/C26H19N3O4S/c27-13-17-6-5-7-18(12-17)29-25(31)16-34-24-11-4-2-9-20(24)26(32)33-15-23(30)21-14-28-22-10-3-1-8-19(21)22/h1-12,14,28H,15-16H2,(H,29,31). The van der Waals surface area contributed by atoms with Crippen LogP contribution in [0.15, 0.2) is 83.9 Å². The molecule has 168 valence electrons. The second-order valence-corrected chi connectivity index (χ2v) is 8.29. The first-order valence-corrected chi connectivity index (χ1v) is 11.3. The lowest BCUT2D eigenvalue weighted by molar-refractivity contribution is -0.113. The number of nitrogens with zero attached hydrogens (tertiary/aromatic N) is 1. The number of thioether (sulfide) groups is 1. The molecule has 1 amide bonds. The molecule has 7 nitrogen and oxygen atoms in total. The van der Waals surface area contributed by atoms with E-state index in [1.54, 1.807) is 54.7 Å². The van der Waals surface area contributed by atoms with Gasteiger partial charge in [0.2, 0.25) is 11.7 Å². The van der Waals surface area contributed by atoms with Crippen LogP contribution in [0.5, 0.6) is 0 Å². The van der Waals surface area contributed by atoms with Gasteiger partial charge in [0, 0.05) is 33.2 Å². The molecule has 4 rings (SSSR count). The predicted octanol–water partition coefficient (Wildman–Crippen LogP) is 4.81. The van der Waals surface area contributed by atoms with Gasteiger partial charge < -0.3 is 15.0 Å². The number of fused-ring (bicyclic) bond motifs is 1. The summed E-state index contributed by atoms with van der Waals surface area (Å²) in [6.45, 7) is -0.393. The van der Waals surface area contributed by atoms with Gasteiger partial charge in [0.05, 0.1) is 22.9 Å². The van der Waals surface area contributed by atoms with E-state index in [-0.39, 0.29) is 23.0 Å². The molecule has 0 aliphatic heterocycles. The van der Waals surface area contributed by atoms with Crippen molar-refractivity contribution in [1.29, 1.82) is 5.26 Å². The van der Waals surface area contributed by atoms with E-state index in [9.17, 15) is 14.4 Å². The third-order valence-corrected chi connectivity index (χ3v) is 6.04. The van der Waals surface area contributed by atoms with Gasteiger partial charge in [0.1, 0.15) is 0 Å². The molecule has 34 heavy (non-hydrogen) atoms. The fourth-order valence-electron chi connectivity index (χ4n) is 3.36. The van der Waals surface area contributed by atoms with E-state index in [2.05, 4.69) is 10.3 Å². The third-order valence-electron chi connectivity index (χ3n) is 4.97. The number of hydrogen-bond acceptors (Lipinski definition) is 6. The number of aromatic nitrogens is 1. The van der Waals surface area contributed by atoms with Gasteiger partial charge in [0.25, 0.3) is 0 Å². The van der Waals surface area contributed by atoms with Crippen LogP contribution in [0.3, 0.4) is 0 Å². The van der Waals surface area contributed by atoms with Crippen molar-refractivity contribution in [3.63, 3.8) is 0 Å². The van der Waals surface area contributed by atoms with Crippen molar-refractivity contribution < 1.29 is 19.1 Å². The third kappa shape index (κ3) is 5.34. The maximum Gasteiger partial charge on any atom is 0.339 e. The molecule has 0 saturated heterocycles. The zero-order valence-corrected chi connectivity index (χ0v) is 18.7. The molecule has 8 heteroatoms. The highest BCUT2D eigenvalue weighted by atomic mass is 32.2. The molecule has 1 heterocycles. The summed E-state index contributed by atoms with van der Waals surface area (Å²) in [5.74, 6) is -1.18. The number of amides is 1. The molecule has 0 atom stereocenters. The summed E-state index contributed by atoms with van der Waals surface area (Å²) in [7, 11) is 0. The van der Waals surface area contributed by atoms with Crippen LogP contribution in [0, 0.1) is 11.3 Å². The molecule has 0 aliphatic rings. The van der Waals surface area contributed by atoms with Gasteiger partial charge in [-0.1, -0.05) is 36.4 Å². The van der Waals surface area contributed by atoms with Crippen molar-refractivity contribution in [2.24, 2.45) is 0 Å². The Morgan fingerprint density at radius 3 is 2.62 bits per heavy atom. The Labute approximate surface area is 199 Å². The summed E-state index contributed by atoms with van der Waals surface area (Å²) in [5, 5.41) is 12.5. The first kappa shape index (κ1) is 22.8. The Balaban J connectivity index is 1.36. The van der Waals surface area contributed by atoms with Gasteiger partial charge in [-0.3, -0.25) is 9.59 Å². The molecule has 3 aromatic carbocycles. The molecule has 2 N–H and O–H groups in total. The fraction of sp³-hybridized carbons (Fsp3) is 0.0769. The molecule has 0 bridgehead atoms. The maximum absolute atomic E-state index is 12.7. The highest BCUT2D eigenvalue weighted by Gasteiger charge is 2.18. The molecular formula is C26H19N3O4S. The van der Waals surface area contributed by atoms with Crippen LogP contribution in [0.1, 0.15) is 26.3 Å². The Morgan fingerprint density at radius 1 is 0.971 bits per heavy atom. The highest BCUT2D eigenvalue weighted by Crippen LogP contribution is 2.24. The molecule has 0 fully saturated rings. The average Bonchev–Trinajstić information content (AvgIpc) is 3.30. The van der Waals surface area contributed by atoms with Crippen molar-refractivity contribution >= 4 is 46.0 Å². The van der Waals surface area contributed by atoms with Crippen LogP contribution < -0.4 is 5.32 Å². The lowest BCUT2D eigenvalue weighted by Crippen LogP contribution is -2.16. The van der Waals surface area contributed by atoms with E-state index < -0.39 is 12.6 Å². The van der Waals surface area contributed by atoms with Crippen molar-refractivity contribution in [2.75, 3.05) is 17.7 Å². The van der Waals surface area contributed by atoms with E-state index in [1.165, 1.54) is 11.8 Å². The summed E-state index contributed by atoms with van der Waals surface area (Å²) in [6.07, 6.45) is 1.61. The van der Waals surface area contributed by atoms with E-state index in [4.69, 9.17) is 10.00 Å².